The van der Waals surface area contributed by atoms with E-state index in [1.165, 1.54) is 23.1 Å². The van der Waals surface area contributed by atoms with Gasteiger partial charge in [0.05, 0.1) is 12.2 Å². The van der Waals surface area contributed by atoms with Crippen molar-refractivity contribution in [3.63, 3.8) is 0 Å². The number of carbonyl (C=O) groups excluding carboxylic acids is 1. The monoisotopic (exact) mass is 275 g/mol. The van der Waals surface area contributed by atoms with Gasteiger partial charge in [0.15, 0.2) is 0 Å². The van der Waals surface area contributed by atoms with Crippen LogP contribution < -0.4 is 0 Å². The number of aliphatic hydroxyl groups is 2. The normalized spacial score (nSPS) is 24.1. The summed E-state index contributed by atoms with van der Waals surface area (Å²) >= 11 is 11.6. The lowest BCUT2D eigenvalue weighted by atomic mass is 10.2. The molecule has 1 saturated heterocycles. The number of halogens is 2. The highest BCUT2D eigenvalue weighted by atomic mass is 35.5. The van der Waals surface area contributed by atoms with E-state index in [4.69, 9.17) is 23.2 Å². The van der Waals surface area contributed by atoms with Crippen LogP contribution in [-0.2, 0) is 0 Å². The number of amides is 1. The van der Waals surface area contributed by atoms with Crippen molar-refractivity contribution in [3.05, 3.63) is 33.8 Å². The van der Waals surface area contributed by atoms with Gasteiger partial charge in [-0.15, -0.1) is 0 Å². The number of hydrogen-bond acceptors (Lipinski definition) is 3. The fourth-order valence-corrected chi connectivity index (χ4v) is 2.32. The zero-order chi connectivity index (χ0) is 12.6. The van der Waals surface area contributed by atoms with Crippen molar-refractivity contribution in [2.75, 3.05) is 13.1 Å². The van der Waals surface area contributed by atoms with Crippen LogP contribution in [0.3, 0.4) is 0 Å². The summed E-state index contributed by atoms with van der Waals surface area (Å²) in [6, 6.07) is 4.55. The quantitative estimate of drug-likeness (QED) is 0.809. The molecule has 0 saturated carbocycles. The molecule has 1 aliphatic rings. The zero-order valence-electron chi connectivity index (χ0n) is 8.81. The topological polar surface area (TPSA) is 60.8 Å². The van der Waals surface area contributed by atoms with Gasteiger partial charge in [0.2, 0.25) is 0 Å². The number of hydrogen-bond donors (Lipinski definition) is 2. The molecule has 2 unspecified atom stereocenters. The van der Waals surface area contributed by atoms with E-state index in [0.29, 0.717) is 15.6 Å². The molecule has 0 bridgehead atoms. The molecule has 1 amide bonds. The number of benzene rings is 1. The zero-order valence-corrected chi connectivity index (χ0v) is 10.3. The van der Waals surface area contributed by atoms with Crippen LogP contribution in [0, 0.1) is 0 Å². The minimum atomic E-state index is -0.895. The van der Waals surface area contributed by atoms with Crippen LogP contribution >= 0.6 is 23.2 Å². The number of nitrogens with zero attached hydrogens (tertiary/aromatic N) is 1. The van der Waals surface area contributed by atoms with E-state index < -0.39 is 12.2 Å². The van der Waals surface area contributed by atoms with Crippen molar-refractivity contribution in [3.8, 4) is 0 Å². The first-order valence-corrected chi connectivity index (χ1v) is 5.84. The first-order chi connectivity index (χ1) is 7.97. The number of likely N-dealkylation sites (tertiary alicyclic amines) is 1. The van der Waals surface area contributed by atoms with E-state index in [-0.39, 0.29) is 19.0 Å². The van der Waals surface area contributed by atoms with E-state index >= 15 is 0 Å². The van der Waals surface area contributed by atoms with E-state index in [1.807, 2.05) is 0 Å². The second-order valence-electron chi connectivity index (χ2n) is 4.00. The molecule has 1 aromatic carbocycles. The Balaban J connectivity index is 2.20. The number of rotatable bonds is 1. The van der Waals surface area contributed by atoms with E-state index in [9.17, 15) is 15.0 Å². The predicted octanol–water partition coefficient (Wildman–Crippen LogP) is 1.17. The van der Waals surface area contributed by atoms with Gasteiger partial charge in [-0.05, 0) is 18.2 Å². The van der Waals surface area contributed by atoms with Crippen LogP contribution in [0.4, 0.5) is 0 Å². The molecule has 0 aliphatic carbocycles. The largest absolute Gasteiger partial charge is 0.388 e. The highest BCUT2D eigenvalue weighted by molar-refractivity contribution is 6.35. The second-order valence-corrected chi connectivity index (χ2v) is 4.88. The minimum absolute atomic E-state index is 0.115. The molecule has 17 heavy (non-hydrogen) atoms. The van der Waals surface area contributed by atoms with Crippen molar-refractivity contribution in [1.29, 1.82) is 0 Å². The Bertz CT molecular complexity index is 422. The van der Waals surface area contributed by atoms with Gasteiger partial charge in [0.25, 0.3) is 5.91 Å². The predicted molar refractivity (Wildman–Crippen MR) is 64.4 cm³/mol. The van der Waals surface area contributed by atoms with Gasteiger partial charge in [-0.2, -0.15) is 0 Å². The standard InChI is InChI=1S/C11H11Cl2NO3/c12-7-1-6(2-8(13)3-7)11(17)14-4-9(15)10(16)5-14/h1-3,9-10,15-16H,4-5H2. The van der Waals surface area contributed by atoms with Gasteiger partial charge >= 0.3 is 0 Å². The fraction of sp³-hybridized carbons (Fsp3) is 0.364. The third-order valence-corrected chi connectivity index (χ3v) is 3.09. The molecule has 1 fully saturated rings. The molecule has 1 aromatic rings. The van der Waals surface area contributed by atoms with Crippen molar-refractivity contribution in [2.45, 2.75) is 12.2 Å². The lowest BCUT2D eigenvalue weighted by Crippen LogP contribution is -2.29. The van der Waals surface area contributed by atoms with Gasteiger partial charge in [0.1, 0.15) is 0 Å². The molecule has 0 radical (unpaired) electrons. The maximum Gasteiger partial charge on any atom is 0.254 e. The molecule has 4 nitrogen and oxygen atoms in total. The average Bonchev–Trinajstić information content (AvgIpc) is 2.57. The van der Waals surface area contributed by atoms with E-state index in [0.717, 1.165) is 0 Å². The first kappa shape index (κ1) is 12.6. The van der Waals surface area contributed by atoms with Crippen molar-refractivity contribution < 1.29 is 15.0 Å². The summed E-state index contributed by atoms with van der Waals surface area (Å²) in [5, 5.41) is 19.5. The van der Waals surface area contributed by atoms with Crippen LogP contribution in [-0.4, -0.2) is 46.3 Å². The van der Waals surface area contributed by atoms with Gasteiger partial charge in [-0.1, -0.05) is 23.2 Å². The molecule has 0 aromatic heterocycles. The highest BCUT2D eigenvalue weighted by Crippen LogP contribution is 2.21. The maximum atomic E-state index is 12.0. The Morgan fingerprint density at radius 2 is 1.59 bits per heavy atom. The average molecular weight is 276 g/mol. The lowest BCUT2D eigenvalue weighted by Gasteiger charge is -2.15. The first-order valence-electron chi connectivity index (χ1n) is 5.09. The molecule has 92 valence electrons. The molecule has 6 heteroatoms. The Morgan fingerprint density at radius 3 is 2.06 bits per heavy atom. The Labute approximate surface area is 108 Å². The summed E-state index contributed by atoms with van der Waals surface area (Å²) in [4.78, 5) is 13.4. The Kier molecular flexibility index (Phi) is 3.58. The molecule has 2 rings (SSSR count). The third kappa shape index (κ3) is 2.72. The molecule has 2 atom stereocenters. The number of carbonyl (C=O) groups is 1. The van der Waals surface area contributed by atoms with E-state index in [1.54, 1.807) is 0 Å². The molecule has 2 N–H and O–H groups in total. The van der Waals surface area contributed by atoms with Crippen LogP contribution in [0.5, 0.6) is 0 Å². The Hall–Kier alpha value is -0.810. The number of β-amino-alcohol motifs (C(OH)–C–C–N with tert-alkyl or cyclic N) is 2. The second kappa shape index (κ2) is 4.82. The third-order valence-electron chi connectivity index (χ3n) is 2.66. The summed E-state index contributed by atoms with van der Waals surface area (Å²) in [7, 11) is 0. The maximum absolute atomic E-state index is 12.0. The van der Waals surface area contributed by atoms with Crippen LogP contribution in [0.15, 0.2) is 18.2 Å². The minimum Gasteiger partial charge on any atom is -0.388 e. The number of aliphatic hydroxyl groups excluding tert-OH is 2. The molecule has 1 heterocycles. The van der Waals surface area contributed by atoms with Crippen molar-refractivity contribution in [2.24, 2.45) is 0 Å². The molecule has 1 aliphatic heterocycles. The van der Waals surface area contributed by atoms with Gasteiger partial charge in [-0.25, -0.2) is 0 Å². The smallest absolute Gasteiger partial charge is 0.254 e. The van der Waals surface area contributed by atoms with Crippen LogP contribution in [0.2, 0.25) is 10.0 Å². The molecular weight excluding hydrogens is 265 g/mol. The molecule has 0 spiro atoms. The highest BCUT2D eigenvalue weighted by Gasteiger charge is 2.33. The van der Waals surface area contributed by atoms with Gasteiger partial charge in [-0.3, -0.25) is 4.79 Å². The van der Waals surface area contributed by atoms with Gasteiger partial charge < -0.3 is 15.1 Å². The van der Waals surface area contributed by atoms with Crippen LogP contribution in [0.1, 0.15) is 10.4 Å². The summed E-state index contributed by atoms with van der Waals surface area (Å²) in [5.74, 6) is -0.301. The van der Waals surface area contributed by atoms with Gasteiger partial charge in [0, 0.05) is 28.7 Å². The summed E-state index contributed by atoms with van der Waals surface area (Å²) in [5.41, 5.74) is 0.351. The summed E-state index contributed by atoms with van der Waals surface area (Å²) in [6.07, 6.45) is -1.79. The van der Waals surface area contributed by atoms with Crippen molar-refractivity contribution in [1.82, 2.24) is 4.90 Å². The summed E-state index contributed by atoms with van der Waals surface area (Å²) < 4.78 is 0. The summed E-state index contributed by atoms with van der Waals surface area (Å²) in [6.45, 7) is 0.230. The van der Waals surface area contributed by atoms with E-state index in [2.05, 4.69) is 0 Å². The van der Waals surface area contributed by atoms with Crippen LogP contribution in [0.25, 0.3) is 0 Å². The van der Waals surface area contributed by atoms with Crippen molar-refractivity contribution >= 4 is 29.1 Å². The SMILES string of the molecule is O=C(c1cc(Cl)cc(Cl)c1)N1CC(O)C(O)C1. The lowest BCUT2D eigenvalue weighted by molar-refractivity contribution is 0.0572. The fourth-order valence-electron chi connectivity index (χ4n) is 1.80. The Morgan fingerprint density at radius 1 is 1.12 bits per heavy atom. The molecular formula is C11H11Cl2NO3.